The lowest BCUT2D eigenvalue weighted by atomic mass is 10.4. The molecule has 0 unspecified atom stereocenters. The summed E-state index contributed by atoms with van der Waals surface area (Å²) in [6.45, 7) is 11.0. The van der Waals surface area contributed by atoms with Gasteiger partial charge in [-0.2, -0.15) is 9.40 Å². The van der Waals surface area contributed by atoms with E-state index < -0.39 is 10.0 Å². The Bertz CT molecular complexity index is 483. The second-order valence-corrected chi connectivity index (χ2v) is 6.05. The van der Waals surface area contributed by atoms with Gasteiger partial charge in [-0.3, -0.25) is 5.10 Å². The van der Waals surface area contributed by atoms with Crippen LogP contribution in [-0.4, -0.2) is 35.5 Å². The number of aryl methyl sites for hydroxylation is 2. The van der Waals surface area contributed by atoms with Gasteiger partial charge in [-0.1, -0.05) is 6.08 Å². The molecule has 1 N–H and O–H groups in total. The van der Waals surface area contributed by atoms with Crippen LogP contribution in [0, 0.1) is 13.8 Å². The van der Waals surface area contributed by atoms with Gasteiger partial charge in [-0.05, 0) is 27.7 Å². The first kappa shape index (κ1) is 13.9. The number of hydrogen-bond acceptors (Lipinski definition) is 3. The summed E-state index contributed by atoms with van der Waals surface area (Å²) in [4.78, 5) is 0.271. The zero-order valence-electron chi connectivity index (χ0n) is 10.7. The molecule has 17 heavy (non-hydrogen) atoms. The van der Waals surface area contributed by atoms with Crippen LogP contribution < -0.4 is 0 Å². The zero-order chi connectivity index (χ0) is 13.2. The van der Waals surface area contributed by atoms with Crippen molar-refractivity contribution in [1.82, 2.24) is 14.5 Å². The van der Waals surface area contributed by atoms with E-state index in [-0.39, 0.29) is 10.9 Å². The van der Waals surface area contributed by atoms with Crippen LogP contribution in [0.15, 0.2) is 17.6 Å². The lowest BCUT2D eigenvalue weighted by Gasteiger charge is -2.24. The Hall–Kier alpha value is -1.14. The maximum absolute atomic E-state index is 12.5. The van der Waals surface area contributed by atoms with Crippen LogP contribution in [-0.2, 0) is 10.0 Å². The largest absolute Gasteiger partial charge is 0.281 e. The molecule has 1 heterocycles. The third kappa shape index (κ3) is 2.58. The third-order valence-electron chi connectivity index (χ3n) is 2.51. The van der Waals surface area contributed by atoms with E-state index in [9.17, 15) is 8.42 Å². The van der Waals surface area contributed by atoms with Crippen molar-refractivity contribution in [3.8, 4) is 0 Å². The molecule has 0 radical (unpaired) electrons. The maximum atomic E-state index is 12.5. The predicted octanol–water partition coefficient (Wildman–Crippen LogP) is 1.61. The summed E-state index contributed by atoms with van der Waals surface area (Å²) in [5.41, 5.74) is 1.06. The van der Waals surface area contributed by atoms with Gasteiger partial charge >= 0.3 is 0 Å². The van der Waals surface area contributed by atoms with Crippen molar-refractivity contribution < 1.29 is 8.42 Å². The molecule has 6 heteroatoms. The van der Waals surface area contributed by atoms with E-state index in [1.54, 1.807) is 19.9 Å². The minimum absolute atomic E-state index is 0.119. The van der Waals surface area contributed by atoms with Gasteiger partial charge in [-0.15, -0.1) is 6.58 Å². The summed E-state index contributed by atoms with van der Waals surface area (Å²) in [6, 6.07) is -0.119. The van der Waals surface area contributed by atoms with Gasteiger partial charge in [0.05, 0.1) is 11.4 Å². The summed E-state index contributed by atoms with van der Waals surface area (Å²) in [5, 5.41) is 6.62. The van der Waals surface area contributed by atoms with Crippen LogP contribution in [0.1, 0.15) is 25.2 Å². The van der Waals surface area contributed by atoms with Crippen molar-refractivity contribution in [3.05, 3.63) is 24.0 Å². The Morgan fingerprint density at radius 2 is 2.06 bits per heavy atom. The van der Waals surface area contributed by atoms with Crippen molar-refractivity contribution in [1.29, 1.82) is 0 Å². The molecule has 0 aliphatic carbocycles. The van der Waals surface area contributed by atoms with Crippen LogP contribution in [0.4, 0.5) is 0 Å². The van der Waals surface area contributed by atoms with Gasteiger partial charge < -0.3 is 0 Å². The fourth-order valence-electron chi connectivity index (χ4n) is 1.75. The van der Waals surface area contributed by atoms with Crippen LogP contribution in [0.25, 0.3) is 0 Å². The van der Waals surface area contributed by atoms with E-state index in [1.807, 2.05) is 13.8 Å². The predicted molar refractivity (Wildman–Crippen MR) is 67.3 cm³/mol. The number of nitrogens with one attached hydrogen (secondary N) is 1. The molecule has 0 aliphatic heterocycles. The van der Waals surface area contributed by atoms with Crippen LogP contribution in [0.2, 0.25) is 0 Å². The highest BCUT2D eigenvalue weighted by molar-refractivity contribution is 7.89. The number of nitrogens with zero attached hydrogens (tertiary/aromatic N) is 2. The molecule has 0 bridgehead atoms. The molecule has 0 saturated heterocycles. The highest BCUT2D eigenvalue weighted by Gasteiger charge is 2.30. The van der Waals surface area contributed by atoms with E-state index in [4.69, 9.17) is 0 Å². The van der Waals surface area contributed by atoms with Crippen LogP contribution in [0.3, 0.4) is 0 Å². The summed E-state index contributed by atoms with van der Waals surface area (Å²) in [6.07, 6.45) is 1.59. The summed E-state index contributed by atoms with van der Waals surface area (Å²) in [5.74, 6) is 0. The van der Waals surface area contributed by atoms with Crippen molar-refractivity contribution in [2.75, 3.05) is 6.54 Å². The average Bonchev–Trinajstić information content (AvgIpc) is 2.54. The Kier molecular flexibility index (Phi) is 4.11. The van der Waals surface area contributed by atoms with E-state index in [0.717, 1.165) is 0 Å². The quantitative estimate of drug-likeness (QED) is 0.815. The summed E-state index contributed by atoms with van der Waals surface area (Å²) < 4.78 is 26.4. The lowest BCUT2D eigenvalue weighted by molar-refractivity contribution is 0.382. The van der Waals surface area contributed by atoms with E-state index >= 15 is 0 Å². The molecular weight excluding hydrogens is 238 g/mol. The van der Waals surface area contributed by atoms with Gasteiger partial charge in [0, 0.05) is 12.6 Å². The summed E-state index contributed by atoms with van der Waals surface area (Å²) in [7, 11) is -3.51. The molecule has 0 amide bonds. The monoisotopic (exact) mass is 257 g/mol. The van der Waals surface area contributed by atoms with Crippen molar-refractivity contribution in [2.24, 2.45) is 0 Å². The zero-order valence-corrected chi connectivity index (χ0v) is 11.5. The van der Waals surface area contributed by atoms with E-state index in [2.05, 4.69) is 16.8 Å². The molecule has 96 valence electrons. The second-order valence-electron chi connectivity index (χ2n) is 4.22. The SMILES string of the molecule is C=CCN(C(C)C)S(=O)(=O)c1c(C)n[nH]c1C. The molecule has 0 atom stereocenters. The second kappa shape index (κ2) is 5.01. The molecule has 1 rings (SSSR count). The number of aromatic amines is 1. The topological polar surface area (TPSA) is 66.1 Å². The molecule has 0 aliphatic rings. The molecular formula is C11H19N3O2S. The molecule has 1 aromatic heterocycles. The first-order chi connectivity index (χ1) is 7.82. The number of H-pyrrole nitrogens is 1. The Labute approximate surface area is 103 Å². The number of rotatable bonds is 5. The van der Waals surface area contributed by atoms with Gasteiger partial charge in [-0.25, -0.2) is 8.42 Å². The van der Waals surface area contributed by atoms with E-state index in [0.29, 0.717) is 17.9 Å². The molecule has 1 aromatic rings. The number of aromatic nitrogens is 2. The van der Waals surface area contributed by atoms with Gasteiger partial charge in [0.15, 0.2) is 0 Å². The average molecular weight is 257 g/mol. The smallest absolute Gasteiger partial charge is 0.247 e. The normalized spacial score (nSPS) is 12.4. The standard InChI is InChI=1S/C11H19N3O2S/c1-6-7-14(8(2)3)17(15,16)11-9(4)12-13-10(11)5/h6,8H,1,7H2,2-5H3,(H,12,13). The summed E-state index contributed by atoms with van der Waals surface area (Å²) >= 11 is 0. The van der Waals surface area contributed by atoms with Crippen molar-refractivity contribution >= 4 is 10.0 Å². The lowest BCUT2D eigenvalue weighted by Crippen LogP contribution is -2.37. The number of hydrogen-bond donors (Lipinski definition) is 1. The third-order valence-corrected chi connectivity index (χ3v) is 4.82. The maximum Gasteiger partial charge on any atom is 0.247 e. The van der Waals surface area contributed by atoms with Crippen LogP contribution >= 0.6 is 0 Å². The van der Waals surface area contributed by atoms with Crippen LogP contribution in [0.5, 0.6) is 0 Å². The molecule has 0 saturated carbocycles. The van der Waals surface area contributed by atoms with Crippen molar-refractivity contribution in [3.63, 3.8) is 0 Å². The molecule has 0 aromatic carbocycles. The minimum atomic E-state index is -3.51. The minimum Gasteiger partial charge on any atom is -0.281 e. The highest BCUT2D eigenvalue weighted by Crippen LogP contribution is 2.23. The highest BCUT2D eigenvalue weighted by atomic mass is 32.2. The molecule has 5 nitrogen and oxygen atoms in total. The Morgan fingerprint density at radius 3 is 2.41 bits per heavy atom. The Morgan fingerprint density at radius 1 is 1.47 bits per heavy atom. The molecule has 0 fully saturated rings. The first-order valence-electron chi connectivity index (χ1n) is 5.46. The fraction of sp³-hybridized carbons (Fsp3) is 0.545. The fourth-order valence-corrected chi connectivity index (χ4v) is 3.69. The van der Waals surface area contributed by atoms with Gasteiger partial charge in [0.1, 0.15) is 4.90 Å². The number of sulfonamides is 1. The van der Waals surface area contributed by atoms with Gasteiger partial charge in [0.2, 0.25) is 10.0 Å². The van der Waals surface area contributed by atoms with E-state index in [1.165, 1.54) is 4.31 Å². The molecule has 0 spiro atoms. The van der Waals surface area contributed by atoms with Gasteiger partial charge in [0.25, 0.3) is 0 Å². The Balaban J connectivity index is 3.31. The first-order valence-corrected chi connectivity index (χ1v) is 6.90. The van der Waals surface area contributed by atoms with Crippen molar-refractivity contribution in [2.45, 2.75) is 38.6 Å².